The molecule has 0 fully saturated rings. The van der Waals surface area contributed by atoms with Crippen LogP contribution in [0.3, 0.4) is 0 Å². The molecule has 0 spiro atoms. The predicted octanol–water partition coefficient (Wildman–Crippen LogP) is 6.65. The van der Waals surface area contributed by atoms with Crippen LogP contribution in [0, 0.1) is 0 Å². The zero-order valence-electron chi connectivity index (χ0n) is 19.0. The molecule has 34 heavy (non-hydrogen) atoms. The minimum Gasteiger partial charge on any atom is -0.494 e. The first-order chi connectivity index (χ1) is 16.7. The molecule has 1 N–H and O–H groups in total. The Kier molecular flexibility index (Phi) is 6.37. The molecule has 1 atom stereocenters. The van der Waals surface area contributed by atoms with E-state index >= 15 is 0 Å². The first-order valence-corrected chi connectivity index (χ1v) is 12.0. The first-order valence-electron chi connectivity index (χ1n) is 11.6. The molecule has 1 unspecified atom stereocenters. The predicted molar refractivity (Wildman–Crippen MR) is 134 cm³/mol. The quantitative estimate of drug-likeness (QED) is 0.292. The second-order valence-electron chi connectivity index (χ2n) is 8.42. The van der Waals surface area contributed by atoms with Crippen molar-refractivity contribution in [3.8, 4) is 17.0 Å². The molecular weight excluding hydrogens is 446 g/mol. The molecule has 0 radical (unpaired) electrons. The van der Waals surface area contributed by atoms with Crippen molar-refractivity contribution in [3.63, 3.8) is 0 Å². The number of hydrogen-bond acceptors (Lipinski definition) is 3. The summed E-state index contributed by atoms with van der Waals surface area (Å²) in [5.41, 5.74) is 5.08. The van der Waals surface area contributed by atoms with Gasteiger partial charge in [-0.25, -0.2) is 0 Å². The van der Waals surface area contributed by atoms with Crippen molar-refractivity contribution >= 4 is 17.5 Å². The monoisotopic (exact) mass is 471 g/mol. The van der Waals surface area contributed by atoms with E-state index < -0.39 is 0 Å². The van der Waals surface area contributed by atoms with Crippen LogP contribution in [0.5, 0.6) is 5.75 Å². The number of halogens is 1. The smallest absolute Gasteiger partial charge is 0.273 e. The van der Waals surface area contributed by atoms with E-state index in [0.29, 0.717) is 23.9 Å². The summed E-state index contributed by atoms with van der Waals surface area (Å²) in [6.07, 6.45) is 2.11. The van der Waals surface area contributed by atoms with Crippen LogP contribution in [-0.2, 0) is 6.54 Å². The molecule has 4 aromatic rings. The van der Waals surface area contributed by atoms with Crippen LogP contribution < -0.4 is 4.74 Å². The lowest BCUT2D eigenvalue weighted by atomic mass is 9.96. The fraction of sp³-hybridized carbons (Fsp3) is 0.214. The minimum absolute atomic E-state index is 0.0853. The summed E-state index contributed by atoms with van der Waals surface area (Å²) < 4.78 is 5.85. The summed E-state index contributed by atoms with van der Waals surface area (Å²) in [5.74, 6) is 0.743. The number of carbonyl (C=O) groups excluding carboxylic acids is 1. The normalized spacial score (nSPS) is 14.9. The van der Waals surface area contributed by atoms with Crippen LogP contribution in [-0.4, -0.2) is 27.6 Å². The van der Waals surface area contributed by atoms with Gasteiger partial charge < -0.3 is 9.64 Å². The van der Waals surface area contributed by atoms with Crippen LogP contribution in [0.1, 0.15) is 53.0 Å². The van der Waals surface area contributed by atoms with E-state index in [4.69, 9.17) is 16.3 Å². The molecule has 1 amide bonds. The third-order valence-electron chi connectivity index (χ3n) is 6.17. The lowest BCUT2D eigenvalue weighted by molar-refractivity contribution is 0.0730. The summed E-state index contributed by atoms with van der Waals surface area (Å²) in [7, 11) is 0. The van der Waals surface area contributed by atoms with Crippen LogP contribution in [0.4, 0.5) is 0 Å². The van der Waals surface area contributed by atoms with Gasteiger partial charge in [0, 0.05) is 22.7 Å². The Balaban J connectivity index is 1.56. The fourth-order valence-corrected chi connectivity index (χ4v) is 4.61. The van der Waals surface area contributed by atoms with E-state index in [1.54, 1.807) is 0 Å². The summed E-state index contributed by atoms with van der Waals surface area (Å²) in [6.45, 7) is 3.24. The number of aromatic amines is 1. The van der Waals surface area contributed by atoms with Gasteiger partial charge in [-0.3, -0.25) is 9.89 Å². The third-order valence-corrected chi connectivity index (χ3v) is 6.54. The largest absolute Gasteiger partial charge is 0.494 e. The number of carbonyl (C=O) groups is 1. The highest BCUT2D eigenvalue weighted by Gasteiger charge is 2.42. The van der Waals surface area contributed by atoms with Crippen molar-refractivity contribution in [2.45, 2.75) is 32.4 Å². The van der Waals surface area contributed by atoms with E-state index in [-0.39, 0.29) is 11.9 Å². The molecule has 1 aliphatic rings. The van der Waals surface area contributed by atoms with Gasteiger partial charge in [0.15, 0.2) is 0 Å². The van der Waals surface area contributed by atoms with Crippen molar-refractivity contribution < 1.29 is 9.53 Å². The lowest BCUT2D eigenvalue weighted by Crippen LogP contribution is -2.29. The lowest BCUT2D eigenvalue weighted by Gasteiger charge is -2.27. The molecule has 2 heterocycles. The molecule has 0 aliphatic carbocycles. The van der Waals surface area contributed by atoms with Crippen LogP contribution in [0.15, 0.2) is 78.9 Å². The van der Waals surface area contributed by atoms with Gasteiger partial charge in [-0.2, -0.15) is 5.10 Å². The van der Waals surface area contributed by atoms with Crippen LogP contribution in [0.2, 0.25) is 5.02 Å². The summed E-state index contributed by atoms with van der Waals surface area (Å²) >= 11 is 6.46. The number of hydrogen-bond donors (Lipinski definition) is 1. The highest BCUT2D eigenvalue weighted by Crippen LogP contribution is 2.44. The Bertz CT molecular complexity index is 1280. The van der Waals surface area contributed by atoms with Gasteiger partial charge in [-0.1, -0.05) is 85.6 Å². The maximum atomic E-state index is 13.6. The fourth-order valence-electron chi connectivity index (χ4n) is 4.41. The zero-order valence-corrected chi connectivity index (χ0v) is 19.8. The average Bonchev–Trinajstić information content (AvgIpc) is 3.41. The van der Waals surface area contributed by atoms with Gasteiger partial charge in [0.05, 0.1) is 18.3 Å². The molecule has 6 heteroatoms. The van der Waals surface area contributed by atoms with E-state index in [1.165, 1.54) is 0 Å². The standard InChI is InChI=1S/C28H26ClN3O2/c1-2-3-17-34-22-15-13-20(14-16-22)27-24-25(19-9-5-4-6-10-19)30-31-26(24)28(33)32(27)18-21-11-7-8-12-23(21)29/h4-16,27H,2-3,17-18H2,1H3,(H,30,31). The van der Waals surface area contributed by atoms with E-state index in [2.05, 4.69) is 17.1 Å². The number of amides is 1. The average molecular weight is 472 g/mol. The third kappa shape index (κ3) is 4.19. The number of rotatable bonds is 8. The Morgan fingerprint density at radius 1 is 1.00 bits per heavy atom. The zero-order chi connectivity index (χ0) is 23.5. The minimum atomic E-state index is -0.294. The van der Waals surface area contributed by atoms with Crippen molar-refractivity contribution in [2.75, 3.05) is 6.61 Å². The Labute approximate surface area is 204 Å². The molecule has 0 saturated carbocycles. The van der Waals surface area contributed by atoms with E-state index in [9.17, 15) is 4.79 Å². The van der Waals surface area contributed by atoms with Gasteiger partial charge >= 0.3 is 0 Å². The molecule has 3 aromatic carbocycles. The second-order valence-corrected chi connectivity index (χ2v) is 8.83. The van der Waals surface area contributed by atoms with Crippen molar-refractivity contribution in [2.24, 2.45) is 0 Å². The van der Waals surface area contributed by atoms with Gasteiger partial charge in [0.25, 0.3) is 5.91 Å². The Morgan fingerprint density at radius 3 is 2.47 bits per heavy atom. The number of ether oxygens (including phenoxy) is 1. The topological polar surface area (TPSA) is 58.2 Å². The van der Waals surface area contributed by atoms with Crippen LogP contribution in [0.25, 0.3) is 11.3 Å². The number of nitrogens with one attached hydrogen (secondary N) is 1. The highest BCUT2D eigenvalue weighted by molar-refractivity contribution is 6.31. The SMILES string of the molecule is CCCCOc1ccc(C2c3c(-c4ccccc4)n[nH]c3C(=O)N2Cc2ccccc2Cl)cc1. The number of unbranched alkanes of at least 4 members (excludes halogenated alkanes) is 1. The highest BCUT2D eigenvalue weighted by atomic mass is 35.5. The summed E-state index contributed by atoms with van der Waals surface area (Å²) in [5, 5.41) is 8.19. The molecule has 0 bridgehead atoms. The molecular formula is C28H26ClN3O2. The Morgan fingerprint density at radius 2 is 1.74 bits per heavy atom. The summed E-state index contributed by atoms with van der Waals surface area (Å²) in [4.78, 5) is 15.4. The van der Waals surface area contributed by atoms with Crippen molar-refractivity contribution in [3.05, 3.63) is 106 Å². The van der Waals surface area contributed by atoms with Gasteiger partial charge in [-0.15, -0.1) is 0 Å². The first kappa shape index (κ1) is 22.2. The maximum absolute atomic E-state index is 13.6. The number of H-pyrrole nitrogens is 1. The second kappa shape index (κ2) is 9.74. The van der Waals surface area contributed by atoms with Crippen LogP contribution >= 0.6 is 11.6 Å². The molecule has 5 nitrogen and oxygen atoms in total. The maximum Gasteiger partial charge on any atom is 0.273 e. The van der Waals surface area contributed by atoms with Crippen molar-refractivity contribution in [1.29, 1.82) is 0 Å². The van der Waals surface area contributed by atoms with Gasteiger partial charge in [0.1, 0.15) is 11.4 Å². The number of fused-ring (bicyclic) bond motifs is 1. The van der Waals surface area contributed by atoms with Gasteiger partial charge in [-0.05, 0) is 35.7 Å². The van der Waals surface area contributed by atoms with E-state index in [1.807, 2.05) is 83.8 Å². The Hall–Kier alpha value is -3.57. The molecule has 1 aromatic heterocycles. The van der Waals surface area contributed by atoms with Crippen molar-refractivity contribution in [1.82, 2.24) is 15.1 Å². The molecule has 1 aliphatic heterocycles. The molecule has 5 rings (SSSR count). The van der Waals surface area contributed by atoms with E-state index in [0.717, 1.165) is 46.5 Å². The van der Waals surface area contributed by atoms with Gasteiger partial charge in [0.2, 0.25) is 0 Å². The number of nitrogens with zero attached hydrogens (tertiary/aromatic N) is 2. The number of aromatic nitrogens is 2. The summed E-state index contributed by atoms with van der Waals surface area (Å²) in [6, 6.07) is 25.3. The molecule has 0 saturated heterocycles. The molecule has 172 valence electrons. The number of benzene rings is 3.